The molecule has 0 N–H and O–H groups in total. The lowest BCUT2D eigenvalue weighted by atomic mass is 9.86. The SMILES string of the molecule is [B]C(=O)c1c2ccccc2cc2ccccc12. The van der Waals surface area contributed by atoms with Crippen molar-refractivity contribution in [3.05, 3.63) is 60.2 Å². The van der Waals surface area contributed by atoms with Crippen molar-refractivity contribution in [2.24, 2.45) is 0 Å². The molecule has 17 heavy (non-hydrogen) atoms. The first-order valence-corrected chi connectivity index (χ1v) is 5.47. The molecule has 3 rings (SSSR count). The minimum absolute atomic E-state index is 0.377. The van der Waals surface area contributed by atoms with Crippen LogP contribution in [0.25, 0.3) is 21.5 Å². The summed E-state index contributed by atoms with van der Waals surface area (Å²) in [4.78, 5) is 11.7. The topological polar surface area (TPSA) is 17.1 Å². The van der Waals surface area contributed by atoms with Crippen LogP contribution in [0.4, 0.5) is 0 Å². The largest absolute Gasteiger partial charge is 0.307 e. The van der Waals surface area contributed by atoms with Crippen molar-refractivity contribution in [3.8, 4) is 0 Å². The first-order chi connectivity index (χ1) is 8.27. The van der Waals surface area contributed by atoms with Gasteiger partial charge in [-0.25, -0.2) is 0 Å². The van der Waals surface area contributed by atoms with Crippen LogP contribution in [0.5, 0.6) is 0 Å². The zero-order valence-corrected chi connectivity index (χ0v) is 9.18. The molecule has 0 spiro atoms. The molecule has 0 saturated carbocycles. The number of benzene rings is 3. The second-order valence-electron chi connectivity index (χ2n) is 4.06. The van der Waals surface area contributed by atoms with Gasteiger partial charge in [-0.05, 0) is 27.6 Å². The molecule has 78 valence electrons. The average Bonchev–Trinajstić information content (AvgIpc) is 2.35. The summed E-state index contributed by atoms with van der Waals surface area (Å²) in [6.07, 6.45) is 0. The highest BCUT2D eigenvalue weighted by atomic mass is 16.1. The van der Waals surface area contributed by atoms with E-state index in [4.69, 9.17) is 7.85 Å². The maximum absolute atomic E-state index is 11.7. The smallest absolute Gasteiger partial charge is 0.175 e. The Kier molecular flexibility index (Phi) is 2.22. The van der Waals surface area contributed by atoms with Gasteiger partial charge in [-0.3, -0.25) is 0 Å². The Hall–Kier alpha value is -2.09. The molecule has 2 heteroatoms. The van der Waals surface area contributed by atoms with Crippen molar-refractivity contribution in [3.63, 3.8) is 0 Å². The van der Waals surface area contributed by atoms with Gasteiger partial charge in [0.1, 0.15) is 5.68 Å². The van der Waals surface area contributed by atoms with E-state index in [1.807, 2.05) is 48.5 Å². The predicted molar refractivity (Wildman–Crippen MR) is 71.5 cm³/mol. The van der Waals surface area contributed by atoms with Crippen LogP contribution in [0.1, 0.15) is 10.4 Å². The summed E-state index contributed by atoms with van der Waals surface area (Å²) in [5.74, 6) is 0. The molecule has 2 radical (unpaired) electrons. The zero-order valence-electron chi connectivity index (χ0n) is 9.18. The van der Waals surface area contributed by atoms with E-state index in [1.54, 1.807) is 0 Å². The lowest BCUT2D eigenvalue weighted by molar-refractivity contribution is 0.108. The number of fused-ring (bicyclic) bond motifs is 2. The molecule has 0 amide bonds. The van der Waals surface area contributed by atoms with Crippen LogP contribution in [0.2, 0.25) is 0 Å². The fourth-order valence-corrected chi connectivity index (χ4v) is 2.28. The highest BCUT2D eigenvalue weighted by Gasteiger charge is 2.09. The van der Waals surface area contributed by atoms with Gasteiger partial charge < -0.3 is 4.79 Å². The van der Waals surface area contributed by atoms with Gasteiger partial charge in [0.25, 0.3) is 0 Å². The van der Waals surface area contributed by atoms with E-state index < -0.39 is 0 Å². The summed E-state index contributed by atoms with van der Waals surface area (Å²) < 4.78 is 0. The second kappa shape index (κ2) is 3.74. The van der Waals surface area contributed by atoms with Crippen LogP contribution in [-0.4, -0.2) is 13.5 Å². The molecule has 3 aromatic carbocycles. The summed E-state index contributed by atoms with van der Waals surface area (Å²) in [6, 6.07) is 17.7. The Morgan fingerprint density at radius 3 is 1.76 bits per heavy atom. The lowest BCUT2D eigenvalue weighted by Gasteiger charge is -2.08. The van der Waals surface area contributed by atoms with Crippen LogP contribution >= 0.6 is 0 Å². The number of carbonyl (C=O) groups is 1. The van der Waals surface area contributed by atoms with E-state index in [9.17, 15) is 4.79 Å². The zero-order chi connectivity index (χ0) is 11.8. The standard InChI is InChI=1S/C15H9BO/c16-15(17)14-12-7-3-1-5-10(12)9-11-6-2-4-8-13(11)14/h1-9H. The van der Waals surface area contributed by atoms with Crippen molar-refractivity contribution in [2.45, 2.75) is 0 Å². The highest BCUT2D eigenvalue weighted by Crippen LogP contribution is 2.28. The summed E-state index contributed by atoms with van der Waals surface area (Å²) in [5.41, 5.74) is 0.233. The van der Waals surface area contributed by atoms with Crippen LogP contribution in [0.15, 0.2) is 54.6 Å². The molecule has 0 atom stereocenters. The van der Waals surface area contributed by atoms with Crippen LogP contribution < -0.4 is 0 Å². The predicted octanol–water partition coefficient (Wildman–Crippen LogP) is 3.30. The van der Waals surface area contributed by atoms with Gasteiger partial charge in [-0.15, -0.1) is 0 Å². The Morgan fingerprint density at radius 1 is 0.824 bits per heavy atom. The van der Waals surface area contributed by atoms with Gasteiger partial charge >= 0.3 is 0 Å². The third-order valence-electron chi connectivity index (χ3n) is 3.02. The maximum Gasteiger partial charge on any atom is 0.175 e. The average molecular weight is 216 g/mol. The van der Waals surface area contributed by atoms with Gasteiger partial charge in [0.2, 0.25) is 0 Å². The van der Waals surface area contributed by atoms with Crippen molar-refractivity contribution < 1.29 is 4.79 Å². The first kappa shape index (κ1) is 10.1. The highest BCUT2D eigenvalue weighted by molar-refractivity contribution is 6.64. The number of carbonyl (C=O) groups excluding carboxylic acids is 1. The number of rotatable bonds is 1. The summed E-state index contributed by atoms with van der Waals surface area (Å²) >= 11 is 0. The van der Waals surface area contributed by atoms with Gasteiger partial charge in [-0.1, -0.05) is 48.5 Å². The molecule has 0 bridgehead atoms. The van der Waals surface area contributed by atoms with Crippen molar-refractivity contribution in [1.82, 2.24) is 0 Å². The van der Waals surface area contributed by atoms with E-state index in [2.05, 4.69) is 6.07 Å². The first-order valence-electron chi connectivity index (χ1n) is 5.47. The van der Waals surface area contributed by atoms with Crippen molar-refractivity contribution in [1.29, 1.82) is 0 Å². The maximum atomic E-state index is 11.7. The summed E-state index contributed by atoms with van der Waals surface area (Å²) in [7, 11) is 5.51. The van der Waals surface area contributed by atoms with E-state index in [0.29, 0.717) is 5.56 Å². The fraction of sp³-hybridized carbons (Fsp3) is 0. The molecule has 0 fully saturated rings. The molecule has 1 nitrogen and oxygen atoms in total. The normalized spacial score (nSPS) is 10.8. The third-order valence-corrected chi connectivity index (χ3v) is 3.02. The molecular formula is C15H9BO. The fourth-order valence-electron chi connectivity index (χ4n) is 2.28. The molecule has 0 aliphatic rings. The summed E-state index contributed by atoms with van der Waals surface area (Å²) in [5, 5.41) is 3.91. The van der Waals surface area contributed by atoms with Gasteiger partial charge in [0.05, 0.1) is 0 Å². The molecule has 0 saturated heterocycles. The Balaban J connectivity index is 2.61. The quantitative estimate of drug-likeness (QED) is 0.450. The Morgan fingerprint density at radius 2 is 1.29 bits per heavy atom. The summed E-state index contributed by atoms with van der Waals surface area (Å²) in [6.45, 7) is 0. The van der Waals surface area contributed by atoms with Crippen molar-refractivity contribution >= 4 is 35.1 Å². The van der Waals surface area contributed by atoms with E-state index >= 15 is 0 Å². The Labute approximate surface area is 100 Å². The number of hydrogen-bond acceptors (Lipinski definition) is 1. The van der Waals surface area contributed by atoms with Gasteiger partial charge in [0, 0.05) is 5.56 Å². The van der Waals surface area contributed by atoms with Gasteiger partial charge in [-0.2, -0.15) is 0 Å². The lowest BCUT2D eigenvalue weighted by Crippen LogP contribution is -2.00. The van der Waals surface area contributed by atoms with Crippen molar-refractivity contribution in [2.75, 3.05) is 0 Å². The number of hydrogen-bond donors (Lipinski definition) is 0. The van der Waals surface area contributed by atoms with E-state index in [0.717, 1.165) is 21.5 Å². The van der Waals surface area contributed by atoms with Crippen LogP contribution in [-0.2, 0) is 0 Å². The van der Waals surface area contributed by atoms with Crippen LogP contribution in [0.3, 0.4) is 0 Å². The van der Waals surface area contributed by atoms with Crippen LogP contribution in [0, 0.1) is 0 Å². The monoisotopic (exact) mass is 216 g/mol. The molecule has 0 heterocycles. The second-order valence-corrected chi connectivity index (χ2v) is 4.06. The van der Waals surface area contributed by atoms with Gasteiger partial charge in [0.15, 0.2) is 7.85 Å². The molecular weight excluding hydrogens is 207 g/mol. The molecule has 0 aliphatic heterocycles. The molecule has 3 aromatic rings. The molecule has 0 aliphatic carbocycles. The van der Waals surface area contributed by atoms with E-state index in [-0.39, 0.29) is 5.68 Å². The third kappa shape index (κ3) is 1.53. The minimum atomic E-state index is -0.377. The Bertz CT molecular complexity index is 677. The molecule has 0 unspecified atom stereocenters. The van der Waals surface area contributed by atoms with E-state index in [1.165, 1.54) is 0 Å². The minimum Gasteiger partial charge on any atom is -0.307 e. The molecule has 0 aromatic heterocycles.